The zero-order valence-corrected chi connectivity index (χ0v) is 8.60. The van der Waals surface area contributed by atoms with E-state index in [1.165, 1.54) is 18.4 Å². The van der Waals surface area contributed by atoms with Crippen LogP contribution in [0.4, 0.5) is 0 Å². The fourth-order valence-corrected chi connectivity index (χ4v) is 1.57. The number of hydrogen-bond acceptors (Lipinski definition) is 1. The van der Waals surface area contributed by atoms with Gasteiger partial charge in [-0.05, 0) is 19.8 Å². The summed E-state index contributed by atoms with van der Waals surface area (Å²) in [4.78, 5) is 11.3. The molecule has 1 aliphatic carbocycles. The molecular weight excluding hydrogens is 160 g/mol. The molecule has 1 nitrogen and oxygen atoms in total. The Morgan fingerprint density at radius 2 is 2.15 bits per heavy atom. The number of rotatable bonds is 4. The van der Waals surface area contributed by atoms with E-state index in [1.807, 2.05) is 6.08 Å². The molecule has 1 heteroatoms. The van der Waals surface area contributed by atoms with E-state index in [9.17, 15) is 4.79 Å². The summed E-state index contributed by atoms with van der Waals surface area (Å²) in [6.45, 7) is 4.24. The van der Waals surface area contributed by atoms with E-state index in [2.05, 4.69) is 19.9 Å². The Morgan fingerprint density at radius 3 is 2.69 bits per heavy atom. The van der Waals surface area contributed by atoms with E-state index in [0.29, 0.717) is 5.78 Å². The van der Waals surface area contributed by atoms with Gasteiger partial charge in [0.25, 0.3) is 0 Å². The summed E-state index contributed by atoms with van der Waals surface area (Å²) in [6, 6.07) is 0. The maximum atomic E-state index is 11.3. The second-order valence-electron chi connectivity index (χ2n) is 3.66. The molecule has 0 saturated heterocycles. The SMILES string of the molecule is CCCC/C=C/C1=C(C)CCC1=O. The molecule has 0 aliphatic heterocycles. The molecule has 72 valence electrons. The van der Waals surface area contributed by atoms with Crippen molar-refractivity contribution in [1.82, 2.24) is 0 Å². The molecule has 0 atom stereocenters. The van der Waals surface area contributed by atoms with Crippen molar-refractivity contribution in [1.29, 1.82) is 0 Å². The van der Waals surface area contributed by atoms with Crippen LogP contribution in [-0.4, -0.2) is 5.78 Å². The molecule has 1 aliphatic rings. The maximum absolute atomic E-state index is 11.3. The van der Waals surface area contributed by atoms with E-state index in [1.54, 1.807) is 0 Å². The highest BCUT2D eigenvalue weighted by molar-refractivity contribution is 6.01. The van der Waals surface area contributed by atoms with Crippen LogP contribution in [0.1, 0.15) is 46.0 Å². The Bertz CT molecular complexity index is 246. The molecule has 0 unspecified atom stereocenters. The number of unbranched alkanes of at least 4 members (excludes halogenated alkanes) is 2. The summed E-state index contributed by atoms with van der Waals surface area (Å²) in [6.07, 6.45) is 9.37. The minimum absolute atomic E-state index is 0.324. The van der Waals surface area contributed by atoms with Gasteiger partial charge < -0.3 is 0 Å². The minimum atomic E-state index is 0.324. The number of carbonyl (C=O) groups excluding carboxylic acids is 1. The molecule has 0 saturated carbocycles. The summed E-state index contributed by atoms with van der Waals surface area (Å²) in [5.74, 6) is 0.324. The van der Waals surface area contributed by atoms with Gasteiger partial charge in [0, 0.05) is 12.0 Å². The normalized spacial score (nSPS) is 17.8. The highest BCUT2D eigenvalue weighted by Gasteiger charge is 2.16. The fourth-order valence-electron chi connectivity index (χ4n) is 1.57. The third-order valence-electron chi connectivity index (χ3n) is 2.50. The molecule has 0 heterocycles. The Kier molecular flexibility index (Phi) is 3.94. The van der Waals surface area contributed by atoms with Crippen molar-refractivity contribution in [3.63, 3.8) is 0 Å². The molecule has 0 aromatic rings. The summed E-state index contributed by atoms with van der Waals surface area (Å²) in [7, 11) is 0. The number of hydrogen-bond donors (Lipinski definition) is 0. The number of allylic oxidation sites excluding steroid dienone is 4. The summed E-state index contributed by atoms with van der Waals surface area (Å²) in [5.41, 5.74) is 2.23. The summed E-state index contributed by atoms with van der Waals surface area (Å²) in [5, 5.41) is 0. The molecule has 0 bridgehead atoms. The van der Waals surface area contributed by atoms with E-state index >= 15 is 0 Å². The third-order valence-corrected chi connectivity index (χ3v) is 2.50. The Labute approximate surface area is 80.5 Å². The van der Waals surface area contributed by atoms with Crippen molar-refractivity contribution >= 4 is 5.78 Å². The van der Waals surface area contributed by atoms with Gasteiger partial charge in [0.2, 0.25) is 0 Å². The van der Waals surface area contributed by atoms with Gasteiger partial charge in [-0.1, -0.05) is 37.5 Å². The fraction of sp³-hybridized carbons (Fsp3) is 0.583. The van der Waals surface area contributed by atoms with Crippen LogP contribution in [0.25, 0.3) is 0 Å². The van der Waals surface area contributed by atoms with E-state index in [4.69, 9.17) is 0 Å². The monoisotopic (exact) mass is 178 g/mol. The highest BCUT2D eigenvalue weighted by atomic mass is 16.1. The van der Waals surface area contributed by atoms with Gasteiger partial charge in [-0.25, -0.2) is 0 Å². The zero-order chi connectivity index (χ0) is 9.68. The van der Waals surface area contributed by atoms with Gasteiger partial charge in [-0.2, -0.15) is 0 Å². The molecule has 0 N–H and O–H groups in total. The Balaban J connectivity index is 2.47. The number of Topliss-reactive ketones (excluding diaryl/α,β-unsaturated/α-hetero) is 1. The van der Waals surface area contributed by atoms with Crippen LogP contribution < -0.4 is 0 Å². The quantitative estimate of drug-likeness (QED) is 0.603. The molecule has 1 rings (SSSR count). The highest BCUT2D eigenvalue weighted by Crippen LogP contribution is 2.23. The van der Waals surface area contributed by atoms with Gasteiger partial charge in [0.1, 0.15) is 0 Å². The van der Waals surface area contributed by atoms with Crippen molar-refractivity contribution in [3.8, 4) is 0 Å². The lowest BCUT2D eigenvalue weighted by molar-refractivity contribution is -0.114. The van der Waals surface area contributed by atoms with Gasteiger partial charge in [-0.3, -0.25) is 4.79 Å². The Morgan fingerprint density at radius 1 is 1.38 bits per heavy atom. The lowest BCUT2D eigenvalue weighted by atomic mass is 10.1. The summed E-state index contributed by atoms with van der Waals surface area (Å²) >= 11 is 0. The van der Waals surface area contributed by atoms with Crippen LogP contribution in [-0.2, 0) is 4.79 Å². The average Bonchev–Trinajstić information content (AvgIpc) is 2.42. The zero-order valence-electron chi connectivity index (χ0n) is 8.60. The molecule has 0 aromatic carbocycles. The minimum Gasteiger partial charge on any atom is -0.294 e. The Hall–Kier alpha value is -0.850. The first-order valence-electron chi connectivity index (χ1n) is 5.15. The van der Waals surface area contributed by atoms with E-state index in [-0.39, 0.29) is 0 Å². The first kappa shape index (κ1) is 10.2. The molecule has 0 spiro atoms. The van der Waals surface area contributed by atoms with Crippen molar-refractivity contribution < 1.29 is 4.79 Å². The van der Waals surface area contributed by atoms with Crippen molar-refractivity contribution in [2.24, 2.45) is 0 Å². The standard InChI is InChI=1S/C12H18O/c1-3-4-5-6-7-11-10(2)8-9-12(11)13/h6-7H,3-5,8-9H2,1-2H3/b7-6+. The molecule has 0 aromatic heterocycles. The van der Waals surface area contributed by atoms with Gasteiger partial charge in [0.05, 0.1) is 0 Å². The van der Waals surface area contributed by atoms with Crippen LogP contribution in [0.3, 0.4) is 0 Å². The second-order valence-corrected chi connectivity index (χ2v) is 3.66. The van der Waals surface area contributed by atoms with Crippen molar-refractivity contribution in [3.05, 3.63) is 23.3 Å². The van der Waals surface area contributed by atoms with Crippen molar-refractivity contribution in [2.45, 2.75) is 46.0 Å². The van der Waals surface area contributed by atoms with Gasteiger partial charge in [-0.15, -0.1) is 0 Å². The first-order valence-corrected chi connectivity index (χ1v) is 5.15. The van der Waals surface area contributed by atoms with Crippen LogP contribution >= 0.6 is 0 Å². The molecule has 0 fully saturated rings. The lowest BCUT2D eigenvalue weighted by Crippen LogP contribution is -1.92. The van der Waals surface area contributed by atoms with Crippen molar-refractivity contribution in [2.75, 3.05) is 0 Å². The molecular formula is C12H18O. The third kappa shape index (κ3) is 2.83. The first-order chi connectivity index (χ1) is 6.25. The molecule has 13 heavy (non-hydrogen) atoms. The largest absolute Gasteiger partial charge is 0.294 e. The smallest absolute Gasteiger partial charge is 0.163 e. The predicted molar refractivity (Wildman–Crippen MR) is 55.6 cm³/mol. The topological polar surface area (TPSA) is 17.1 Å². The maximum Gasteiger partial charge on any atom is 0.163 e. The van der Waals surface area contributed by atoms with E-state index in [0.717, 1.165) is 24.8 Å². The van der Waals surface area contributed by atoms with E-state index < -0.39 is 0 Å². The number of carbonyl (C=O) groups is 1. The molecule has 0 radical (unpaired) electrons. The predicted octanol–water partition coefficient (Wildman–Crippen LogP) is 3.41. The summed E-state index contributed by atoms with van der Waals surface area (Å²) < 4.78 is 0. The van der Waals surface area contributed by atoms with Crippen LogP contribution in [0.2, 0.25) is 0 Å². The second kappa shape index (κ2) is 5.00. The van der Waals surface area contributed by atoms with Crippen LogP contribution in [0, 0.1) is 0 Å². The number of ketones is 1. The molecule has 0 amide bonds. The van der Waals surface area contributed by atoms with Crippen LogP contribution in [0.15, 0.2) is 23.3 Å². The lowest BCUT2D eigenvalue weighted by Gasteiger charge is -1.93. The van der Waals surface area contributed by atoms with Crippen LogP contribution in [0.5, 0.6) is 0 Å². The van der Waals surface area contributed by atoms with Gasteiger partial charge >= 0.3 is 0 Å². The average molecular weight is 178 g/mol. The van der Waals surface area contributed by atoms with Gasteiger partial charge in [0.15, 0.2) is 5.78 Å².